The van der Waals surface area contributed by atoms with E-state index in [0.29, 0.717) is 24.5 Å². The first-order valence-electron chi connectivity index (χ1n) is 10.3. The summed E-state index contributed by atoms with van der Waals surface area (Å²) in [7, 11) is 0. The number of anilines is 1. The summed E-state index contributed by atoms with van der Waals surface area (Å²) in [5.41, 5.74) is 3.38. The van der Waals surface area contributed by atoms with Gasteiger partial charge < -0.3 is 25.7 Å². The molecule has 1 aromatic carbocycles. The lowest BCUT2D eigenvalue weighted by Crippen LogP contribution is -2.32. The third kappa shape index (κ3) is 6.20. The number of hydrogen-bond donors (Lipinski definition) is 4. The number of carbonyl (C=O) groups excluding carboxylic acids is 1. The molecule has 0 fully saturated rings. The van der Waals surface area contributed by atoms with Gasteiger partial charge in [0, 0.05) is 48.9 Å². The molecule has 0 aliphatic carbocycles. The van der Waals surface area contributed by atoms with E-state index < -0.39 is 6.36 Å². The van der Waals surface area contributed by atoms with Crippen molar-refractivity contribution in [1.82, 2.24) is 20.6 Å². The molecule has 0 spiro atoms. The normalized spacial score (nSPS) is 14.0. The topological polar surface area (TPSA) is 91.1 Å². The van der Waals surface area contributed by atoms with Gasteiger partial charge in [-0.2, -0.15) is 0 Å². The minimum Gasteiger partial charge on any atom is -0.406 e. The molecule has 0 saturated heterocycles. The highest BCUT2D eigenvalue weighted by Crippen LogP contribution is 2.33. The number of H-pyrrole nitrogens is 1. The molecule has 7 nitrogen and oxygen atoms in total. The number of aromatic nitrogens is 2. The Morgan fingerprint density at radius 3 is 2.76 bits per heavy atom. The Kier molecular flexibility index (Phi) is 7.09. The van der Waals surface area contributed by atoms with Gasteiger partial charge in [-0.25, -0.2) is 4.98 Å². The fraction of sp³-hybridized carbons (Fsp3) is 0.273. The second-order valence-corrected chi connectivity index (χ2v) is 8.36. The van der Waals surface area contributed by atoms with E-state index in [1.54, 1.807) is 18.3 Å². The number of nitrogens with one attached hydrogen (secondary N) is 4. The van der Waals surface area contributed by atoms with E-state index in [0.717, 1.165) is 40.2 Å². The average molecular weight is 478 g/mol. The maximum absolute atomic E-state index is 12.7. The van der Waals surface area contributed by atoms with Crippen molar-refractivity contribution in [3.8, 4) is 5.75 Å². The van der Waals surface area contributed by atoms with Crippen LogP contribution in [0, 0.1) is 0 Å². The molecule has 2 aromatic heterocycles. The van der Waals surface area contributed by atoms with Crippen LogP contribution < -0.4 is 20.7 Å². The Bertz CT molecular complexity index is 1140. The van der Waals surface area contributed by atoms with Gasteiger partial charge in [-0.05, 0) is 36.2 Å². The number of halogens is 3. The van der Waals surface area contributed by atoms with Crippen LogP contribution in [0.2, 0.25) is 0 Å². The van der Waals surface area contributed by atoms with Crippen molar-refractivity contribution in [1.29, 1.82) is 0 Å². The van der Waals surface area contributed by atoms with Gasteiger partial charge in [-0.15, -0.1) is 24.9 Å². The number of amides is 1. The van der Waals surface area contributed by atoms with E-state index in [4.69, 9.17) is 0 Å². The smallest absolute Gasteiger partial charge is 0.406 e. The predicted octanol–water partition coefficient (Wildman–Crippen LogP) is 4.13. The Morgan fingerprint density at radius 1 is 1.15 bits per heavy atom. The molecular formula is C22H22F3N5O2S. The largest absolute Gasteiger partial charge is 0.573 e. The van der Waals surface area contributed by atoms with Crippen LogP contribution in [-0.4, -0.2) is 41.1 Å². The zero-order valence-electron chi connectivity index (χ0n) is 17.5. The summed E-state index contributed by atoms with van der Waals surface area (Å²) >= 11 is 1.52. The highest BCUT2D eigenvalue weighted by molar-refractivity contribution is 8.04. The van der Waals surface area contributed by atoms with Crippen LogP contribution in [0.1, 0.15) is 12.0 Å². The number of ether oxygens (including phenoxy) is 1. The Balaban J connectivity index is 1.24. The van der Waals surface area contributed by atoms with Crippen LogP contribution in [0.4, 0.5) is 18.9 Å². The first kappa shape index (κ1) is 23.0. The summed E-state index contributed by atoms with van der Waals surface area (Å²) in [6.45, 7) is 1.39. The van der Waals surface area contributed by atoms with Crippen molar-refractivity contribution >= 4 is 34.4 Å². The van der Waals surface area contributed by atoms with Crippen molar-refractivity contribution in [3.63, 3.8) is 0 Å². The van der Waals surface area contributed by atoms with Crippen molar-refractivity contribution in [3.05, 3.63) is 65.0 Å². The molecule has 1 aliphatic rings. The molecule has 1 aliphatic heterocycles. The maximum Gasteiger partial charge on any atom is 0.573 e. The Hall–Kier alpha value is -3.18. The molecular weight excluding hydrogens is 455 g/mol. The van der Waals surface area contributed by atoms with Gasteiger partial charge >= 0.3 is 6.36 Å². The Morgan fingerprint density at radius 2 is 1.97 bits per heavy atom. The number of nitrogens with zero attached hydrogens (tertiary/aromatic N) is 1. The van der Waals surface area contributed by atoms with Crippen LogP contribution in [0.25, 0.3) is 11.0 Å². The zero-order chi connectivity index (χ0) is 23.3. The number of carbonyl (C=O) groups is 1. The van der Waals surface area contributed by atoms with Gasteiger partial charge in [-0.3, -0.25) is 4.79 Å². The molecule has 0 saturated carbocycles. The highest BCUT2D eigenvalue weighted by atomic mass is 32.2. The second-order valence-electron chi connectivity index (χ2n) is 7.25. The molecule has 3 heterocycles. The van der Waals surface area contributed by atoms with Crippen LogP contribution in [0.3, 0.4) is 0 Å². The number of pyridine rings is 1. The molecule has 174 valence electrons. The molecule has 0 unspecified atom stereocenters. The van der Waals surface area contributed by atoms with E-state index >= 15 is 0 Å². The zero-order valence-corrected chi connectivity index (χ0v) is 18.3. The average Bonchev–Trinajstić information content (AvgIpc) is 3.43. The number of benzene rings is 1. The summed E-state index contributed by atoms with van der Waals surface area (Å²) in [4.78, 5) is 20.7. The summed E-state index contributed by atoms with van der Waals surface area (Å²) in [6.07, 6.45) is -0.390. The number of allylic oxidation sites excluding steroid dienone is 1. The number of hydrogen-bond acceptors (Lipinski definition) is 6. The number of fused-ring (bicyclic) bond motifs is 1. The molecule has 4 rings (SSSR count). The standard InChI is InChI=1S/C22H22F3N5O2S/c23-22(24,25)32-15-3-1-14(2-4-15)13-26-10-11-29-21(31)19-18(7-12-33-19)30-17-6-9-28-20-16(17)5-8-27-20/h1-6,8-9,26H,7,10-13H2,(H,29,31)(H2,27,28,30). The first-order valence-corrected chi connectivity index (χ1v) is 11.3. The van der Waals surface area contributed by atoms with Crippen LogP contribution in [0.15, 0.2) is 59.4 Å². The minimum absolute atomic E-state index is 0.130. The Labute approximate surface area is 192 Å². The first-order chi connectivity index (χ1) is 15.9. The summed E-state index contributed by atoms with van der Waals surface area (Å²) in [6, 6.07) is 9.49. The van der Waals surface area contributed by atoms with Crippen molar-refractivity contribution in [2.24, 2.45) is 0 Å². The van der Waals surface area contributed by atoms with Gasteiger partial charge in [0.25, 0.3) is 5.91 Å². The monoisotopic (exact) mass is 477 g/mol. The quantitative estimate of drug-likeness (QED) is 0.347. The molecule has 33 heavy (non-hydrogen) atoms. The lowest BCUT2D eigenvalue weighted by atomic mass is 10.2. The van der Waals surface area contributed by atoms with Gasteiger partial charge in [0.2, 0.25) is 0 Å². The van der Waals surface area contributed by atoms with Gasteiger partial charge in [0.1, 0.15) is 11.4 Å². The van der Waals surface area contributed by atoms with Gasteiger partial charge in [0.15, 0.2) is 0 Å². The lowest BCUT2D eigenvalue weighted by Gasteiger charge is -2.12. The second kappa shape index (κ2) is 10.2. The maximum atomic E-state index is 12.7. The van der Waals surface area contributed by atoms with E-state index in [9.17, 15) is 18.0 Å². The minimum atomic E-state index is -4.70. The van der Waals surface area contributed by atoms with E-state index in [2.05, 4.69) is 30.7 Å². The van der Waals surface area contributed by atoms with E-state index in [1.165, 1.54) is 23.9 Å². The molecule has 1 amide bonds. The van der Waals surface area contributed by atoms with Crippen LogP contribution in [-0.2, 0) is 11.3 Å². The lowest BCUT2D eigenvalue weighted by molar-refractivity contribution is -0.274. The number of aromatic amines is 1. The number of rotatable bonds is 9. The third-order valence-electron chi connectivity index (χ3n) is 4.90. The molecule has 0 atom stereocenters. The van der Waals surface area contributed by atoms with Gasteiger partial charge in [-0.1, -0.05) is 12.1 Å². The summed E-state index contributed by atoms with van der Waals surface area (Å²) < 4.78 is 40.5. The SMILES string of the molecule is O=C(NCCNCc1ccc(OC(F)(F)F)cc1)C1=C(Nc2ccnc3[nH]ccc23)CCS1. The van der Waals surface area contributed by atoms with Crippen LogP contribution >= 0.6 is 11.8 Å². The highest BCUT2D eigenvalue weighted by Gasteiger charge is 2.31. The van der Waals surface area contributed by atoms with Crippen molar-refractivity contribution < 1.29 is 22.7 Å². The van der Waals surface area contributed by atoms with Crippen molar-refractivity contribution in [2.75, 3.05) is 24.2 Å². The number of alkyl halides is 3. The molecule has 3 aromatic rings. The van der Waals surface area contributed by atoms with E-state index in [1.807, 2.05) is 18.3 Å². The molecule has 0 bridgehead atoms. The van der Waals surface area contributed by atoms with Crippen molar-refractivity contribution in [2.45, 2.75) is 19.3 Å². The fourth-order valence-electron chi connectivity index (χ4n) is 3.40. The van der Waals surface area contributed by atoms with Gasteiger partial charge in [0.05, 0.1) is 10.6 Å². The molecule has 0 radical (unpaired) electrons. The predicted molar refractivity (Wildman–Crippen MR) is 122 cm³/mol. The molecule has 11 heteroatoms. The van der Waals surface area contributed by atoms with E-state index in [-0.39, 0.29) is 11.7 Å². The summed E-state index contributed by atoms with van der Waals surface area (Å²) in [5, 5.41) is 10.4. The van der Waals surface area contributed by atoms with Crippen LogP contribution in [0.5, 0.6) is 5.75 Å². The summed E-state index contributed by atoms with van der Waals surface area (Å²) in [5.74, 6) is 0.447. The molecule has 4 N–H and O–H groups in total. The number of thioether (sulfide) groups is 1. The third-order valence-corrected chi connectivity index (χ3v) is 6.03. The fourth-order valence-corrected chi connectivity index (χ4v) is 4.44.